The predicted molar refractivity (Wildman–Crippen MR) is 172 cm³/mol. The molecule has 3 aliphatic rings. The topological polar surface area (TPSA) is 6.25 Å². The number of hydrogen-bond donors (Lipinski definition) is 0. The molecule has 7 rings (SSSR count). The third-order valence-electron chi connectivity index (χ3n) is 10.6. The van der Waals surface area contributed by atoms with Crippen LogP contribution in [-0.2, 0) is 10.8 Å². The lowest BCUT2D eigenvalue weighted by atomic mass is 9.76. The first kappa shape index (κ1) is 25.8. The van der Waals surface area contributed by atoms with Crippen LogP contribution in [0.1, 0.15) is 97.1 Å². The highest BCUT2D eigenvalue weighted by Gasteiger charge is 2.55. The number of rotatable bonds is 3. The minimum Gasteiger partial charge on any atom is -0.310 e. The quantitative estimate of drug-likeness (QED) is 0.239. The van der Waals surface area contributed by atoms with E-state index in [4.69, 9.17) is 0 Å². The van der Waals surface area contributed by atoms with E-state index in [0.717, 1.165) is 0 Å². The number of hydrogen-bond acceptors (Lipinski definition) is 1. The fraction of sp³-hybridized carbons (Fsp3) is 0.447. The van der Waals surface area contributed by atoms with Crippen LogP contribution in [0.4, 0.5) is 11.4 Å². The van der Waals surface area contributed by atoms with Gasteiger partial charge in [0, 0.05) is 41.6 Å². The molecule has 0 amide bonds. The number of nitrogens with zero attached hydrogens (tertiary/aromatic N) is 2. The van der Waals surface area contributed by atoms with Gasteiger partial charge in [-0.15, -0.1) is 0 Å². The Hall–Kier alpha value is -3.13. The largest absolute Gasteiger partial charge is 0.310 e. The minimum absolute atomic E-state index is 0.0107. The van der Waals surface area contributed by atoms with E-state index in [2.05, 4.69) is 117 Å². The van der Waals surface area contributed by atoms with Crippen LogP contribution in [-0.4, -0.2) is 22.5 Å². The molecule has 2 heteroatoms. The van der Waals surface area contributed by atoms with Crippen molar-refractivity contribution in [1.29, 1.82) is 0 Å². The van der Waals surface area contributed by atoms with E-state index in [0.29, 0.717) is 12.2 Å². The van der Waals surface area contributed by atoms with Crippen LogP contribution in [0.2, 0.25) is 0 Å². The number of benzene rings is 4. The second-order valence-corrected chi connectivity index (χ2v) is 13.7. The van der Waals surface area contributed by atoms with Crippen LogP contribution in [0.15, 0.2) is 72.8 Å². The van der Waals surface area contributed by atoms with E-state index in [-0.39, 0.29) is 10.8 Å². The van der Waals surface area contributed by atoms with Crippen LogP contribution in [0.25, 0.3) is 21.5 Å². The Morgan fingerprint density at radius 2 is 1.45 bits per heavy atom. The summed E-state index contributed by atoms with van der Waals surface area (Å²) in [6.07, 6.45) is 10.3. The SMILES string of the molecule is CCCCC1N2c3ccc4ccccc4c3C(C)(C)C2CCCCCC2=[N+]1c1ccc3ccccc3c1C2(C)C. The molecule has 40 heavy (non-hydrogen) atoms. The van der Waals surface area contributed by atoms with E-state index in [1.165, 1.54) is 89.8 Å². The summed E-state index contributed by atoms with van der Waals surface area (Å²) in [4.78, 5) is 2.92. The third-order valence-corrected chi connectivity index (χ3v) is 10.6. The first-order valence-electron chi connectivity index (χ1n) is 15.8. The second-order valence-electron chi connectivity index (χ2n) is 13.7. The minimum atomic E-state index is 0.0107. The summed E-state index contributed by atoms with van der Waals surface area (Å²) in [7, 11) is 0. The van der Waals surface area contributed by atoms with Crippen molar-refractivity contribution in [3.63, 3.8) is 0 Å². The summed E-state index contributed by atoms with van der Waals surface area (Å²) in [6.45, 7) is 12.4. The van der Waals surface area contributed by atoms with E-state index in [1.54, 1.807) is 11.3 Å². The highest BCUT2D eigenvalue weighted by molar-refractivity contribution is 6.03. The molecule has 0 fully saturated rings. The Morgan fingerprint density at radius 1 is 0.775 bits per heavy atom. The lowest BCUT2D eigenvalue weighted by Crippen LogP contribution is -2.52. The maximum Gasteiger partial charge on any atom is 0.234 e. The molecule has 0 N–H and O–H groups in total. The summed E-state index contributed by atoms with van der Waals surface area (Å²) in [5.41, 5.74) is 7.75. The maximum atomic E-state index is 2.92. The second kappa shape index (κ2) is 9.47. The van der Waals surface area contributed by atoms with Gasteiger partial charge in [0.25, 0.3) is 0 Å². The Bertz CT molecular complexity index is 1640. The van der Waals surface area contributed by atoms with E-state index < -0.39 is 0 Å². The van der Waals surface area contributed by atoms with Crippen LogP contribution in [0.3, 0.4) is 0 Å². The molecule has 0 bridgehead atoms. The van der Waals surface area contributed by atoms with Crippen LogP contribution < -0.4 is 4.90 Å². The van der Waals surface area contributed by atoms with Crippen molar-refractivity contribution < 1.29 is 4.58 Å². The Balaban J connectivity index is 1.52. The van der Waals surface area contributed by atoms with Crippen molar-refractivity contribution in [2.45, 2.75) is 109 Å². The molecule has 0 spiro atoms. The third kappa shape index (κ3) is 3.64. The molecule has 0 aromatic heterocycles. The lowest BCUT2D eigenvalue weighted by molar-refractivity contribution is -0.486. The van der Waals surface area contributed by atoms with Crippen molar-refractivity contribution in [2.24, 2.45) is 0 Å². The molecule has 2 nitrogen and oxygen atoms in total. The Kier molecular flexibility index (Phi) is 6.11. The summed E-state index contributed by atoms with van der Waals surface area (Å²) in [5, 5.41) is 5.61. The molecule has 4 aromatic rings. The van der Waals surface area contributed by atoms with Gasteiger partial charge in [-0.1, -0.05) is 94.6 Å². The van der Waals surface area contributed by atoms with Gasteiger partial charge >= 0.3 is 0 Å². The van der Waals surface area contributed by atoms with E-state index >= 15 is 0 Å². The predicted octanol–water partition coefficient (Wildman–Crippen LogP) is 10.0. The number of unbranched alkanes of at least 4 members (excludes halogenated alkanes) is 1. The zero-order valence-corrected chi connectivity index (χ0v) is 25.1. The highest BCUT2D eigenvalue weighted by atomic mass is 15.4. The molecule has 206 valence electrons. The van der Waals surface area contributed by atoms with Crippen molar-refractivity contribution in [3.8, 4) is 0 Å². The van der Waals surface area contributed by atoms with Gasteiger partial charge in [0.15, 0.2) is 5.71 Å². The van der Waals surface area contributed by atoms with E-state index in [1.807, 2.05) is 0 Å². The van der Waals surface area contributed by atoms with Crippen LogP contribution in [0.5, 0.6) is 0 Å². The van der Waals surface area contributed by atoms with Gasteiger partial charge in [0.2, 0.25) is 11.9 Å². The zero-order chi connectivity index (χ0) is 27.6. The smallest absolute Gasteiger partial charge is 0.234 e. The number of anilines is 1. The molecule has 2 unspecified atom stereocenters. The molecule has 0 radical (unpaired) electrons. The van der Waals surface area contributed by atoms with Gasteiger partial charge in [-0.05, 0) is 72.4 Å². The van der Waals surface area contributed by atoms with Crippen molar-refractivity contribution >= 4 is 38.6 Å². The van der Waals surface area contributed by atoms with Gasteiger partial charge < -0.3 is 4.90 Å². The van der Waals surface area contributed by atoms with Crippen molar-refractivity contribution in [3.05, 3.63) is 83.9 Å². The standard InChI is InChI=1S/C38H45N2/c1-6-7-21-34-39-30-24-22-26-15-11-13-17-28(26)35(30)37(2,3)32(39)19-9-8-10-20-33-38(4,5)36-29-18-14-12-16-27(29)23-25-31(36)40(33)34/h11-18,22-25,32,34H,6-10,19-21H2,1-5H3/q+1. The summed E-state index contributed by atoms with van der Waals surface area (Å²) >= 11 is 0. The van der Waals surface area contributed by atoms with Gasteiger partial charge in [-0.3, -0.25) is 0 Å². The molecule has 0 saturated heterocycles. The van der Waals surface area contributed by atoms with Crippen LogP contribution >= 0.6 is 0 Å². The first-order chi connectivity index (χ1) is 19.4. The molecule has 4 aromatic carbocycles. The summed E-state index contributed by atoms with van der Waals surface area (Å²) < 4.78 is 2.86. The molecular weight excluding hydrogens is 484 g/mol. The molecule has 0 saturated carbocycles. The summed E-state index contributed by atoms with van der Waals surface area (Å²) in [6, 6.07) is 28.3. The molecule has 0 aliphatic carbocycles. The van der Waals surface area contributed by atoms with E-state index in [9.17, 15) is 0 Å². The molecule has 3 heterocycles. The normalized spacial score (nSPS) is 23.2. The lowest BCUT2D eigenvalue weighted by Gasteiger charge is -2.38. The molecule has 3 aliphatic heterocycles. The average molecular weight is 530 g/mol. The number of fused-ring (bicyclic) bond motifs is 9. The van der Waals surface area contributed by atoms with Crippen LogP contribution in [0, 0.1) is 0 Å². The van der Waals surface area contributed by atoms with Crippen molar-refractivity contribution in [1.82, 2.24) is 0 Å². The fourth-order valence-corrected chi connectivity index (χ4v) is 8.77. The highest BCUT2D eigenvalue weighted by Crippen LogP contribution is 2.54. The molecular formula is C38H45N2+. The maximum absolute atomic E-state index is 2.92. The molecule has 2 atom stereocenters. The monoisotopic (exact) mass is 529 g/mol. The van der Waals surface area contributed by atoms with Gasteiger partial charge in [0.05, 0.1) is 5.41 Å². The van der Waals surface area contributed by atoms with Gasteiger partial charge in [0.1, 0.15) is 0 Å². The Labute approximate surface area is 240 Å². The zero-order valence-electron chi connectivity index (χ0n) is 25.1. The van der Waals surface area contributed by atoms with Gasteiger partial charge in [-0.25, -0.2) is 0 Å². The summed E-state index contributed by atoms with van der Waals surface area (Å²) in [5.74, 6) is 0. The first-order valence-corrected chi connectivity index (χ1v) is 15.8. The van der Waals surface area contributed by atoms with Gasteiger partial charge in [-0.2, -0.15) is 4.58 Å². The van der Waals surface area contributed by atoms with Crippen molar-refractivity contribution in [2.75, 3.05) is 4.90 Å². The average Bonchev–Trinajstić information content (AvgIpc) is 3.33. The Morgan fingerprint density at radius 3 is 2.17 bits per heavy atom. The fourth-order valence-electron chi connectivity index (χ4n) is 8.77.